The highest BCUT2D eigenvalue weighted by Gasteiger charge is 2.53. The fraction of sp³-hybridized carbons (Fsp3) is 0.300. The molecule has 1 aliphatic carbocycles. The van der Waals surface area contributed by atoms with Gasteiger partial charge in [0.15, 0.2) is 17.1 Å². The van der Waals surface area contributed by atoms with Crippen molar-refractivity contribution in [3.63, 3.8) is 0 Å². The van der Waals surface area contributed by atoms with Crippen LogP contribution in [0.15, 0.2) is 90.3 Å². The van der Waals surface area contributed by atoms with Gasteiger partial charge in [0.2, 0.25) is 11.8 Å². The number of carbonyl (C=O) groups excluding carboxylic acids is 2. The van der Waals surface area contributed by atoms with E-state index in [-0.39, 0.29) is 49.6 Å². The number of nitrogens with one attached hydrogen (secondary N) is 2. The van der Waals surface area contributed by atoms with Crippen molar-refractivity contribution in [1.82, 2.24) is 19.6 Å². The summed E-state index contributed by atoms with van der Waals surface area (Å²) in [6.07, 6.45) is 17.0. The molecule has 3 aromatic rings. The van der Waals surface area contributed by atoms with E-state index in [4.69, 9.17) is 0 Å². The van der Waals surface area contributed by atoms with Gasteiger partial charge in [0.25, 0.3) is 0 Å². The van der Waals surface area contributed by atoms with E-state index in [9.17, 15) is 9.59 Å². The van der Waals surface area contributed by atoms with E-state index >= 15 is 17.3 Å². The molecule has 2 aromatic heterocycles. The van der Waals surface area contributed by atoms with Crippen LogP contribution in [0.5, 0.6) is 0 Å². The van der Waals surface area contributed by atoms with Gasteiger partial charge in [-0.3, -0.25) is 9.59 Å². The Hall–Kier alpha value is -5.39. The summed E-state index contributed by atoms with van der Waals surface area (Å²) >= 11 is 0. The molecule has 2 N–H and O–H groups in total. The number of aryl methyl sites for hydroxylation is 3. The maximum atomic E-state index is 16.3. The van der Waals surface area contributed by atoms with Crippen LogP contribution in [0.1, 0.15) is 78.8 Å². The van der Waals surface area contributed by atoms with Gasteiger partial charge in [-0.1, -0.05) is 43.2 Å². The predicted octanol–water partition coefficient (Wildman–Crippen LogP) is 6.78. The first kappa shape index (κ1) is 35.6. The first-order valence-corrected chi connectivity index (χ1v) is 18.8. The topological polar surface area (TPSA) is 74.1 Å². The van der Waals surface area contributed by atoms with Crippen molar-refractivity contribution in [2.45, 2.75) is 77.3 Å². The molecular weight excluding hydrogens is 694 g/mol. The lowest BCUT2D eigenvalue weighted by atomic mass is 9.89. The normalized spacial score (nSPS) is 21.8. The number of allylic oxidation sites excluding steroid dienone is 5. The average molecular weight is 736 g/mol. The molecule has 1 aromatic carbocycles. The number of aromatic nitrogens is 2. The molecule has 54 heavy (non-hydrogen) atoms. The van der Waals surface area contributed by atoms with Crippen molar-refractivity contribution >= 4 is 55.4 Å². The Kier molecular flexibility index (Phi) is 9.10. The van der Waals surface area contributed by atoms with Crippen molar-refractivity contribution in [3.05, 3.63) is 124 Å². The van der Waals surface area contributed by atoms with Gasteiger partial charge >= 0.3 is 13.9 Å². The molecule has 0 spiro atoms. The molecule has 278 valence electrons. The standard InChI is InChI=1S/C40H42B2F4N6O2/c1-27-24-28(2)49-38(27)26-35-19-16-32(52(35)41(49,43)44)21-23-40(54)48-37-11-7-6-10-36(37)47-39(53)22-20-31-15-18-34-25-33-17-14-30(50(33)42(45,46)51(31)34)13-12-29-8-4-3-5-9-29/h3-5,8-9,12-19,24-26,36-37H,6-7,10-11,20-23H2,1-2H3,(H,47,53)(H,48,54)/b13-12+/t36-,37+/m0/s1. The minimum Gasteiger partial charge on any atom is -0.394 e. The Morgan fingerprint density at radius 1 is 0.778 bits per heavy atom. The lowest BCUT2D eigenvalue weighted by Gasteiger charge is -2.33. The second-order valence-electron chi connectivity index (χ2n) is 14.9. The highest BCUT2D eigenvalue weighted by Crippen LogP contribution is 2.35. The fourth-order valence-electron chi connectivity index (χ4n) is 8.73. The lowest BCUT2D eigenvalue weighted by Crippen LogP contribution is -2.53. The van der Waals surface area contributed by atoms with Crippen LogP contribution in [0.4, 0.5) is 17.3 Å². The van der Waals surface area contributed by atoms with Gasteiger partial charge in [-0.05, 0) is 79.9 Å². The van der Waals surface area contributed by atoms with Crippen molar-refractivity contribution < 1.29 is 35.8 Å². The average Bonchev–Trinajstić information content (AvgIpc) is 3.92. The molecule has 14 heteroatoms. The predicted molar refractivity (Wildman–Crippen MR) is 205 cm³/mol. The third-order valence-corrected chi connectivity index (χ3v) is 11.3. The van der Waals surface area contributed by atoms with Gasteiger partial charge in [0, 0.05) is 85.3 Å². The largest absolute Gasteiger partial charge is 0.737 e. The summed E-state index contributed by atoms with van der Waals surface area (Å²) in [4.78, 5) is 26.5. The number of hydrogen-bond acceptors (Lipinski definition) is 2. The molecule has 1 saturated carbocycles. The summed E-state index contributed by atoms with van der Waals surface area (Å²) in [5, 5.41) is 6.10. The summed E-state index contributed by atoms with van der Waals surface area (Å²) in [5.41, 5.74) is 5.03. The molecule has 0 unspecified atom stereocenters. The molecule has 6 heterocycles. The first-order valence-electron chi connectivity index (χ1n) is 18.8. The van der Waals surface area contributed by atoms with Crippen LogP contribution in [-0.2, 0) is 16.0 Å². The van der Waals surface area contributed by atoms with E-state index in [1.54, 1.807) is 73.7 Å². The van der Waals surface area contributed by atoms with Crippen LogP contribution in [0.25, 0.3) is 18.2 Å². The van der Waals surface area contributed by atoms with Crippen LogP contribution in [0.3, 0.4) is 0 Å². The van der Waals surface area contributed by atoms with Gasteiger partial charge < -0.3 is 45.8 Å². The van der Waals surface area contributed by atoms with E-state index < -0.39 is 13.9 Å². The summed E-state index contributed by atoms with van der Waals surface area (Å²) in [5.74, 6) is -0.556. The zero-order chi connectivity index (χ0) is 37.8. The monoisotopic (exact) mass is 736 g/mol. The second kappa shape index (κ2) is 13.8. The van der Waals surface area contributed by atoms with Gasteiger partial charge in [0.1, 0.15) is 5.71 Å². The smallest absolute Gasteiger partial charge is 0.394 e. The van der Waals surface area contributed by atoms with Crippen molar-refractivity contribution in [3.8, 4) is 0 Å². The number of carbonyl (C=O) groups is 2. The summed E-state index contributed by atoms with van der Waals surface area (Å²) in [7, 11) is 0. The summed E-state index contributed by atoms with van der Waals surface area (Å²) in [6.45, 7) is -4.84. The molecule has 2 amide bonds. The number of rotatable bonds is 10. The number of amides is 2. The molecule has 0 radical (unpaired) electrons. The molecule has 8 rings (SSSR count). The maximum absolute atomic E-state index is 16.3. The van der Waals surface area contributed by atoms with Crippen molar-refractivity contribution in [2.75, 3.05) is 0 Å². The van der Waals surface area contributed by atoms with Gasteiger partial charge in [0.05, 0.1) is 0 Å². The minimum absolute atomic E-state index is 0.000489. The Morgan fingerprint density at radius 3 is 2.15 bits per heavy atom. The fourth-order valence-corrected chi connectivity index (χ4v) is 8.73. The Bertz CT molecular complexity index is 2280. The zero-order valence-corrected chi connectivity index (χ0v) is 30.3. The number of nitrogens with zero attached hydrogens (tertiary/aromatic N) is 4. The number of halogens is 4. The van der Waals surface area contributed by atoms with Gasteiger partial charge in [-0.25, -0.2) is 0 Å². The molecule has 0 saturated heterocycles. The lowest BCUT2D eigenvalue weighted by molar-refractivity contribution is -0.362. The third-order valence-electron chi connectivity index (χ3n) is 11.3. The van der Waals surface area contributed by atoms with Crippen LogP contribution < -0.4 is 10.6 Å². The minimum atomic E-state index is -4.22. The van der Waals surface area contributed by atoms with Crippen LogP contribution >= 0.6 is 0 Å². The van der Waals surface area contributed by atoms with Gasteiger partial charge in [-0.2, -0.15) is 0 Å². The van der Waals surface area contributed by atoms with E-state index in [1.807, 2.05) is 37.3 Å². The van der Waals surface area contributed by atoms with Crippen molar-refractivity contribution in [2.24, 2.45) is 0 Å². The Balaban J connectivity index is 0.893. The quantitative estimate of drug-likeness (QED) is 0.178. The molecular formula is C40H42B2F4N6O2. The number of benzene rings is 1. The molecule has 2 atom stereocenters. The van der Waals surface area contributed by atoms with Crippen LogP contribution in [-0.4, -0.2) is 67.2 Å². The van der Waals surface area contributed by atoms with E-state index in [1.165, 1.54) is 0 Å². The SMILES string of the molecule is Cc1cc(C)n2c1C=C1C=CC(CCC(=O)N[C@@H]3CCCC[C@@H]3NC(=O)CCc3ccc4n3[B-](F)(F)[N+]3=C(/C=C/c5ccccc5)C=CC3=C4)=[N+]1[B-]2(F)F. The van der Waals surface area contributed by atoms with Crippen LogP contribution in [0, 0.1) is 13.8 Å². The molecule has 4 aliphatic heterocycles. The highest BCUT2D eigenvalue weighted by atomic mass is 19.3. The molecule has 0 bridgehead atoms. The third kappa shape index (κ3) is 6.35. The summed E-state index contributed by atoms with van der Waals surface area (Å²) < 4.78 is 68.5. The van der Waals surface area contributed by atoms with E-state index in [2.05, 4.69) is 10.6 Å². The summed E-state index contributed by atoms with van der Waals surface area (Å²) in [6, 6.07) is 13.9. The van der Waals surface area contributed by atoms with E-state index in [0.717, 1.165) is 41.9 Å². The maximum Gasteiger partial charge on any atom is 0.737 e. The molecule has 8 nitrogen and oxygen atoms in total. The Labute approximate surface area is 311 Å². The van der Waals surface area contributed by atoms with Crippen molar-refractivity contribution in [1.29, 1.82) is 0 Å². The number of hydrogen-bond donors (Lipinski definition) is 2. The zero-order valence-electron chi connectivity index (χ0n) is 30.3. The van der Waals surface area contributed by atoms with E-state index in [0.29, 0.717) is 58.4 Å². The number of fused-ring (bicyclic) bond motifs is 4. The highest BCUT2D eigenvalue weighted by molar-refractivity contribution is 6.58. The Morgan fingerprint density at radius 2 is 1.43 bits per heavy atom. The second-order valence-corrected chi connectivity index (χ2v) is 14.9. The molecule has 5 aliphatic rings. The molecule has 1 fully saturated rings. The van der Waals surface area contributed by atoms with Gasteiger partial charge in [-0.15, -0.1) is 0 Å². The van der Waals surface area contributed by atoms with Crippen LogP contribution in [0.2, 0.25) is 0 Å². The first-order chi connectivity index (χ1) is 25.9.